The molecule has 3 heterocycles. The Morgan fingerprint density at radius 3 is 2.45 bits per heavy atom. The van der Waals surface area contributed by atoms with Crippen molar-refractivity contribution < 1.29 is 4.39 Å². The lowest BCUT2D eigenvalue weighted by molar-refractivity contribution is 0.102. The van der Waals surface area contributed by atoms with E-state index >= 15 is 0 Å². The molecule has 152 valence electrons. The van der Waals surface area contributed by atoms with Crippen LogP contribution >= 0.6 is 11.3 Å². The zero-order chi connectivity index (χ0) is 19.8. The molecule has 0 atom stereocenters. The summed E-state index contributed by atoms with van der Waals surface area (Å²) < 4.78 is 15.3. The molecular formula is C22H26FN5S. The van der Waals surface area contributed by atoms with Crippen LogP contribution in [0.3, 0.4) is 0 Å². The van der Waals surface area contributed by atoms with Crippen LogP contribution in [0.5, 0.6) is 0 Å². The fourth-order valence-electron chi connectivity index (χ4n) is 4.86. The Bertz CT molecular complexity index is 977. The molecule has 0 unspecified atom stereocenters. The molecule has 1 saturated heterocycles. The zero-order valence-electron chi connectivity index (χ0n) is 16.8. The summed E-state index contributed by atoms with van der Waals surface area (Å²) in [6, 6.07) is 6.42. The number of aryl methyl sites for hydroxylation is 1. The second-order valence-electron chi connectivity index (χ2n) is 8.49. The van der Waals surface area contributed by atoms with Gasteiger partial charge in [0, 0.05) is 0 Å². The number of nitrogens with zero attached hydrogens (tertiary/aromatic N) is 5. The lowest BCUT2D eigenvalue weighted by Gasteiger charge is -2.39. The summed E-state index contributed by atoms with van der Waals surface area (Å²) in [7, 11) is 0. The first kappa shape index (κ1) is 18.9. The van der Waals surface area contributed by atoms with Gasteiger partial charge in [0.2, 0.25) is 0 Å². The maximum absolute atomic E-state index is 13.4. The topological polar surface area (TPSA) is 46.8 Å². The molecule has 1 aliphatic carbocycles. The highest BCUT2D eigenvalue weighted by Gasteiger charge is 2.37. The van der Waals surface area contributed by atoms with Gasteiger partial charge in [0.1, 0.15) is 5.82 Å². The Morgan fingerprint density at radius 1 is 1.07 bits per heavy atom. The molecule has 2 aromatic heterocycles. The summed E-state index contributed by atoms with van der Waals surface area (Å²) in [5.41, 5.74) is 4.21. The maximum Gasteiger partial charge on any atom is 0.175 e. The molecule has 1 spiro atoms. The molecule has 5 rings (SSSR count). The van der Waals surface area contributed by atoms with Crippen molar-refractivity contribution in [2.75, 3.05) is 13.1 Å². The predicted molar refractivity (Wildman–Crippen MR) is 113 cm³/mol. The van der Waals surface area contributed by atoms with Crippen LogP contribution in [0.25, 0.3) is 16.4 Å². The smallest absolute Gasteiger partial charge is 0.175 e. The van der Waals surface area contributed by atoms with Gasteiger partial charge in [-0.15, -0.1) is 16.4 Å². The molecule has 7 heteroatoms. The van der Waals surface area contributed by atoms with E-state index in [1.165, 1.54) is 50.7 Å². The lowest BCUT2D eigenvalue weighted by atomic mass is 9.77. The molecule has 1 aliphatic heterocycles. The first-order valence-corrected chi connectivity index (χ1v) is 11.3. The molecule has 1 aromatic carbocycles. The number of benzene rings is 1. The van der Waals surface area contributed by atoms with E-state index in [2.05, 4.69) is 9.88 Å². The number of halogens is 1. The van der Waals surface area contributed by atoms with E-state index < -0.39 is 0 Å². The number of rotatable bonds is 4. The van der Waals surface area contributed by atoms with Crippen molar-refractivity contribution in [3.8, 4) is 16.4 Å². The van der Waals surface area contributed by atoms with Gasteiger partial charge in [-0.3, -0.25) is 4.90 Å². The van der Waals surface area contributed by atoms with E-state index in [0.29, 0.717) is 5.41 Å². The van der Waals surface area contributed by atoms with Crippen molar-refractivity contribution in [3.63, 3.8) is 0 Å². The number of piperidine rings is 1. The van der Waals surface area contributed by atoms with Gasteiger partial charge in [0.05, 0.1) is 28.3 Å². The monoisotopic (exact) mass is 411 g/mol. The average molecular weight is 412 g/mol. The Kier molecular flexibility index (Phi) is 4.95. The quantitative estimate of drug-likeness (QED) is 0.606. The number of hydrogen-bond acceptors (Lipinski definition) is 5. The maximum atomic E-state index is 13.4. The van der Waals surface area contributed by atoms with E-state index in [1.807, 2.05) is 17.1 Å². The highest BCUT2D eigenvalue weighted by Crippen LogP contribution is 2.46. The third kappa shape index (κ3) is 3.73. The minimum Gasteiger partial charge on any atom is -0.296 e. The van der Waals surface area contributed by atoms with Gasteiger partial charge in [0.15, 0.2) is 11.6 Å². The SMILES string of the molecule is Cc1ncsc1-c1nc(CN2CCC3(CCCC3)CC2)nn1-c1ccc(F)cc1. The summed E-state index contributed by atoms with van der Waals surface area (Å²) in [5.74, 6) is 1.36. The largest absolute Gasteiger partial charge is 0.296 e. The van der Waals surface area contributed by atoms with Gasteiger partial charge in [-0.05, 0) is 75.4 Å². The first-order chi connectivity index (χ1) is 14.1. The van der Waals surface area contributed by atoms with Gasteiger partial charge >= 0.3 is 0 Å². The molecule has 0 bridgehead atoms. The van der Waals surface area contributed by atoms with E-state index in [4.69, 9.17) is 10.1 Å². The molecular weight excluding hydrogens is 385 g/mol. The molecule has 29 heavy (non-hydrogen) atoms. The van der Waals surface area contributed by atoms with Crippen molar-refractivity contribution in [1.82, 2.24) is 24.6 Å². The van der Waals surface area contributed by atoms with Crippen LogP contribution in [0.1, 0.15) is 50.0 Å². The van der Waals surface area contributed by atoms with E-state index in [0.717, 1.165) is 47.5 Å². The normalized spacial score (nSPS) is 19.2. The Balaban J connectivity index is 1.41. The molecule has 0 N–H and O–H groups in total. The van der Waals surface area contributed by atoms with Crippen molar-refractivity contribution in [3.05, 3.63) is 47.1 Å². The van der Waals surface area contributed by atoms with Crippen LogP contribution in [0.4, 0.5) is 4.39 Å². The Labute approximate surface area is 174 Å². The minimum atomic E-state index is -0.251. The van der Waals surface area contributed by atoms with Crippen LogP contribution in [0, 0.1) is 18.2 Å². The first-order valence-electron chi connectivity index (χ1n) is 10.5. The van der Waals surface area contributed by atoms with Crippen molar-refractivity contribution >= 4 is 11.3 Å². The third-order valence-electron chi connectivity index (χ3n) is 6.62. The highest BCUT2D eigenvalue weighted by molar-refractivity contribution is 7.13. The lowest BCUT2D eigenvalue weighted by Crippen LogP contribution is -2.38. The minimum absolute atomic E-state index is 0.251. The summed E-state index contributed by atoms with van der Waals surface area (Å²) in [5, 5.41) is 4.81. The number of aromatic nitrogens is 4. The summed E-state index contributed by atoms with van der Waals surface area (Å²) in [6.45, 7) is 5.00. The molecule has 2 fully saturated rings. The standard InChI is InChI=1S/C22H26FN5S/c1-16-20(29-15-24-16)21-25-19(26-28(21)18-6-4-17(23)5-7-18)14-27-12-10-22(11-13-27)8-2-3-9-22/h4-7,15H,2-3,8-14H2,1H3. The molecule has 3 aromatic rings. The van der Waals surface area contributed by atoms with Crippen molar-refractivity contribution in [2.24, 2.45) is 5.41 Å². The second-order valence-corrected chi connectivity index (χ2v) is 9.34. The number of likely N-dealkylation sites (tertiary alicyclic amines) is 1. The van der Waals surface area contributed by atoms with Crippen molar-refractivity contribution in [2.45, 2.75) is 52.0 Å². The predicted octanol–water partition coefficient (Wildman–Crippen LogP) is 4.99. The summed E-state index contributed by atoms with van der Waals surface area (Å²) in [4.78, 5) is 12.8. The van der Waals surface area contributed by atoms with Crippen LogP contribution in [0.15, 0.2) is 29.8 Å². The summed E-state index contributed by atoms with van der Waals surface area (Å²) >= 11 is 1.56. The van der Waals surface area contributed by atoms with E-state index in [9.17, 15) is 4.39 Å². The third-order valence-corrected chi connectivity index (χ3v) is 7.54. The van der Waals surface area contributed by atoms with Gasteiger partial charge in [0.25, 0.3) is 0 Å². The second kappa shape index (κ2) is 7.61. The zero-order valence-corrected chi connectivity index (χ0v) is 17.6. The Hall–Kier alpha value is -2.12. The van der Waals surface area contributed by atoms with Crippen molar-refractivity contribution in [1.29, 1.82) is 0 Å². The van der Waals surface area contributed by atoms with Gasteiger partial charge in [-0.25, -0.2) is 19.0 Å². The molecule has 1 saturated carbocycles. The fourth-order valence-corrected chi connectivity index (χ4v) is 5.64. The number of thiazole rings is 1. The molecule has 2 aliphatic rings. The number of hydrogen-bond donors (Lipinski definition) is 0. The van der Waals surface area contributed by atoms with Crippen LogP contribution in [-0.4, -0.2) is 37.7 Å². The fraction of sp³-hybridized carbons (Fsp3) is 0.500. The summed E-state index contributed by atoms with van der Waals surface area (Å²) in [6.07, 6.45) is 8.22. The van der Waals surface area contributed by atoms with Crippen LogP contribution < -0.4 is 0 Å². The van der Waals surface area contributed by atoms with Gasteiger partial charge in [-0.1, -0.05) is 12.8 Å². The molecule has 0 radical (unpaired) electrons. The van der Waals surface area contributed by atoms with Gasteiger partial charge < -0.3 is 0 Å². The molecule has 0 amide bonds. The van der Waals surface area contributed by atoms with Gasteiger partial charge in [-0.2, -0.15) is 0 Å². The average Bonchev–Trinajstić information content (AvgIpc) is 3.45. The van der Waals surface area contributed by atoms with E-state index in [1.54, 1.807) is 23.5 Å². The van der Waals surface area contributed by atoms with Crippen LogP contribution in [-0.2, 0) is 6.54 Å². The Morgan fingerprint density at radius 2 is 1.79 bits per heavy atom. The van der Waals surface area contributed by atoms with E-state index in [-0.39, 0.29) is 5.82 Å². The molecule has 5 nitrogen and oxygen atoms in total. The highest BCUT2D eigenvalue weighted by atomic mass is 32.1. The van der Waals surface area contributed by atoms with Crippen LogP contribution in [0.2, 0.25) is 0 Å².